The van der Waals surface area contributed by atoms with Gasteiger partial charge in [-0.25, -0.2) is 4.79 Å². The zero-order valence-corrected chi connectivity index (χ0v) is 28.5. The van der Waals surface area contributed by atoms with Crippen LogP contribution < -0.4 is 16.0 Å². The number of carboxylic acids is 1. The van der Waals surface area contributed by atoms with Crippen LogP contribution in [0.25, 0.3) is 10.9 Å². The van der Waals surface area contributed by atoms with Crippen molar-refractivity contribution in [1.29, 1.82) is 0 Å². The molecule has 0 radical (unpaired) electrons. The minimum atomic E-state index is -1.29. The molecule has 3 rings (SSSR count). The Morgan fingerprint density at radius 1 is 1.04 bits per heavy atom. The van der Waals surface area contributed by atoms with Crippen molar-refractivity contribution in [2.75, 3.05) is 12.3 Å². The Labute approximate surface area is 276 Å². The van der Waals surface area contributed by atoms with Gasteiger partial charge in [-0.2, -0.15) is 0 Å². The number of nitrogens with zero attached hydrogens (tertiary/aromatic N) is 1. The van der Waals surface area contributed by atoms with Gasteiger partial charge in [-0.05, 0) is 38.3 Å². The van der Waals surface area contributed by atoms with E-state index in [-0.39, 0.29) is 23.5 Å². The zero-order chi connectivity index (χ0) is 34.2. The molecule has 1 aromatic carbocycles. The number of amides is 4. The summed E-state index contributed by atoms with van der Waals surface area (Å²) in [6.45, 7) is 10.2. The van der Waals surface area contributed by atoms with Crippen LogP contribution in [0.5, 0.6) is 0 Å². The fourth-order valence-corrected chi connectivity index (χ4v) is 7.33. The summed E-state index contributed by atoms with van der Waals surface area (Å²) in [6.07, 6.45) is 1.48. The molecule has 15 heteroatoms. The van der Waals surface area contributed by atoms with Gasteiger partial charge in [0.05, 0.1) is 0 Å². The standard InChI is InChI=1S/C31H43N5O8S2/c1-17(29(41)42)33-26(38)18(2)44-30(43)25-12-9-13-36(25)28(40)24(16-45-46-31(4,5)6)35-27(39)23(34-19(3)37)14-20-15-32-22-11-8-7-10-21(20)22/h7-8,10-11,15,17-18,23-25,32H,9,12-14,16H2,1-6H3,(H,33,38)(H,34,37)(H,35,39)(H,41,42)/t17-,18-,23-,24-,25-/m0/s1. The van der Waals surface area contributed by atoms with Crippen LogP contribution in [0.15, 0.2) is 30.5 Å². The van der Waals surface area contributed by atoms with E-state index in [1.54, 1.807) is 17.0 Å². The van der Waals surface area contributed by atoms with Crippen LogP contribution in [0, 0.1) is 0 Å². The van der Waals surface area contributed by atoms with E-state index in [1.165, 1.54) is 36.5 Å². The largest absolute Gasteiger partial charge is 0.480 e. The molecular formula is C31H43N5O8S2. The SMILES string of the molecule is CC(=O)N[C@@H](Cc1c[nH]c2ccccc12)C(=O)N[C@@H](CSSC(C)(C)C)C(=O)N1CCC[C@H]1C(=O)O[C@@H](C)C(=O)N[C@@H](C)C(=O)O. The Morgan fingerprint density at radius 2 is 1.74 bits per heavy atom. The van der Waals surface area contributed by atoms with Crippen molar-refractivity contribution in [3.05, 3.63) is 36.0 Å². The Morgan fingerprint density at radius 3 is 2.39 bits per heavy atom. The zero-order valence-electron chi connectivity index (χ0n) is 26.9. The summed E-state index contributed by atoms with van der Waals surface area (Å²) in [5, 5.41) is 17.7. The number of aliphatic carboxylic acids is 1. The smallest absolute Gasteiger partial charge is 0.329 e. The highest BCUT2D eigenvalue weighted by atomic mass is 33.1. The van der Waals surface area contributed by atoms with E-state index >= 15 is 0 Å². The molecule has 0 bridgehead atoms. The fraction of sp³-hybridized carbons (Fsp3) is 0.548. The lowest BCUT2D eigenvalue weighted by atomic mass is 10.0. The number of likely N-dealkylation sites (tertiary alicyclic amines) is 1. The van der Waals surface area contributed by atoms with Crippen LogP contribution in [0.2, 0.25) is 0 Å². The molecule has 46 heavy (non-hydrogen) atoms. The van der Waals surface area contributed by atoms with Crippen LogP contribution >= 0.6 is 21.6 Å². The average molecular weight is 678 g/mol. The van der Waals surface area contributed by atoms with E-state index in [0.29, 0.717) is 12.8 Å². The van der Waals surface area contributed by atoms with Crippen molar-refractivity contribution in [2.45, 2.75) is 95.8 Å². The van der Waals surface area contributed by atoms with Gasteiger partial charge in [0.1, 0.15) is 24.2 Å². The summed E-state index contributed by atoms with van der Waals surface area (Å²) in [6, 6.07) is 3.43. The molecule has 1 aliphatic rings. The molecule has 0 unspecified atom stereocenters. The van der Waals surface area contributed by atoms with Gasteiger partial charge in [0, 0.05) is 47.5 Å². The van der Waals surface area contributed by atoms with Crippen LogP contribution in [0.3, 0.4) is 0 Å². The molecule has 5 N–H and O–H groups in total. The molecule has 252 valence electrons. The van der Waals surface area contributed by atoms with Crippen molar-refractivity contribution in [3.63, 3.8) is 0 Å². The van der Waals surface area contributed by atoms with Gasteiger partial charge in [-0.15, -0.1) is 0 Å². The molecule has 1 saturated heterocycles. The lowest BCUT2D eigenvalue weighted by Crippen LogP contribution is -2.57. The summed E-state index contributed by atoms with van der Waals surface area (Å²) < 4.78 is 5.20. The normalized spacial score (nSPS) is 17.4. The van der Waals surface area contributed by atoms with E-state index in [1.807, 2.05) is 45.0 Å². The summed E-state index contributed by atoms with van der Waals surface area (Å²) in [5.74, 6) is -4.06. The maximum Gasteiger partial charge on any atom is 0.329 e. The monoisotopic (exact) mass is 677 g/mol. The number of nitrogens with one attached hydrogen (secondary N) is 4. The van der Waals surface area contributed by atoms with E-state index < -0.39 is 65.8 Å². The topological polar surface area (TPSA) is 187 Å². The number of aromatic nitrogens is 1. The number of esters is 1. The Kier molecular flexibility index (Phi) is 12.9. The maximum absolute atomic E-state index is 14.0. The van der Waals surface area contributed by atoms with Crippen molar-refractivity contribution in [1.82, 2.24) is 25.8 Å². The molecule has 5 atom stereocenters. The first kappa shape index (κ1) is 36.7. The van der Waals surface area contributed by atoms with Crippen molar-refractivity contribution in [2.24, 2.45) is 0 Å². The molecule has 0 spiro atoms. The van der Waals surface area contributed by atoms with E-state index in [4.69, 9.17) is 9.84 Å². The van der Waals surface area contributed by atoms with Gasteiger partial charge in [-0.1, -0.05) is 60.6 Å². The predicted molar refractivity (Wildman–Crippen MR) is 177 cm³/mol. The first-order chi connectivity index (χ1) is 21.6. The highest BCUT2D eigenvalue weighted by Crippen LogP contribution is 2.35. The number of hydrogen-bond acceptors (Lipinski definition) is 9. The third-order valence-electron chi connectivity index (χ3n) is 7.15. The van der Waals surface area contributed by atoms with Gasteiger partial charge in [0.25, 0.3) is 5.91 Å². The number of fused-ring (bicyclic) bond motifs is 1. The molecule has 1 aliphatic heterocycles. The predicted octanol–water partition coefficient (Wildman–Crippen LogP) is 2.39. The Balaban J connectivity index is 1.78. The van der Waals surface area contributed by atoms with Gasteiger partial charge in [0.15, 0.2) is 6.10 Å². The van der Waals surface area contributed by atoms with Crippen LogP contribution in [0.4, 0.5) is 0 Å². The second-order valence-corrected chi connectivity index (χ2v) is 15.4. The molecule has 0 saturated carbocycles. The Bertz CT molecular complexity index is 1440. The Hall–Kier alpha value is -3.72. The number of carbonyl (C=O) groups excluding carboxylic acids is 5. The van der Waals surface area contributed by atoms with Gasteiger partial charge < -0.3 is 35.7 Å². The molecule has 13 nitrogen and oxygen atoms in total. The van der Waals surface area contributed by atoms with Crippen LogP contribution in [-0.4, -0.2) is 97.9 Å². The molecule has 1 aromatic heterocycles. The molecule has 4 amide bonds. The van der Waals surface area contributed by atoms with E-state index in [9.17, 15) is 28.8 Å². The number of carbonyl (C=O) groups is 6. The summed E-state index contributed by atoms with van der Waals surface area (Å²) >= 11 is 0. The number of aromatic amines is 1. The van der Waals surface area contributed by atoms with E-state index in [2.05, 4.69) is 20.9 Å². The third-order valence-corrected chi connectivity index (χ3v) is 10.5. The highest BCUT2D eigenvalue weighted by Gasteiger charge is 2.40. The summed E-state index contributed by atoms with van der Waals surface area (Å²) in [4.78, 5) is 80.9. The molecule has 2 aromatic rings. The number of carboxylic acid groups (broad SMARTS) is 1. The molecule has 1 fully saturated rings. The number of benzene rings is 1. The van der Waals surface area contributed by atoms with Crippen molar-refractivity contribution < 1.29 is 38.6 Å². The number of ether oxygens (including phenoxy) is 1. The first-order valence-corrected chi connectivity index (χ1v) is 17.4. The third kappa shape index (κ3) is 10.4. The van der Waals surface area contributed by atoms with Crippen molar-refractivity contribution >= 4 is 68.1 Å². The second-order valence-electron chi connectivity index (χ2n) is 12.2. The van der Waals surface area contributed by atoms with Crippen molar-refractivity contribution in [3.8, 4) is 0 Å². The summed E-state index contributed by atoms with van der Waals surface area (Å²) in [7, 11) is 2.95. The molecule has 0 aliphatic carbocycles. The quantitative estimate of drug-likeness (QED) is 0.147. The number of rotatable bonds is 14. The fourth-order valence-electron chi connectivity index (χ4n) is 4.88. The lowest BCUT2D eigenvalue weighted by Gasteiger charge is -2.30. The maximum atomic E-state index is 14.0. The highest BCUT2D eigenvalue weighted by molar-refractivity contribution is 8.77. The number of hydrogen-bond donors (Lipinski definition) is 5. The van der Waals surface area contributed by atoms with E-state index in [0.717, 1.165) is 16.5 Å². The van der Waals surface area contributed by atoms with Crippen LogP contribution in [-0.2, 0) is 39.9 Å². The number of H-pyrrole nitrogens is 1. The van der Waals surface area contributed by atoms with Gasteiger partial charge in [0.2, 0.25) is 17.7 Å². The lowest BCUT2D eigenvalue weighted by molar-refractivity contribution is -0.162. The number of para-hydroxylation sites is 1. The van der Waals surface area contributed by atoms with Crippen LogP contribution in [0.1, 0.15) is 59.9 Å². The molecule has 2 heterocycles. The minimum absolute atomic E-state index is 0.134. The van der Waals surface area contributed by atoms with Gasteiger partial charge >= 0.3 is 11.9 Å². The second kappa shape index (κ2) is 16.2. The minimum Gasteiger partial charge on any atom is -0.480 e. The first-order valence-electron chi connectivity index (χ1n) is 15.0. The molecular weight excluding hydrogens is 635 g/mol. The average Bonchev–Trinajstić information content (AvgIpc) is 3.62. The van der Waals surface area contributed by atoms with Gasteiger partial charge in [-0.3, -0.25) is 24.0 Å². The summed E-state index contributed by atoms with van der Waals surface area (Å²) in [5.41, 5.74) is 1.71.